The van der Waals surface area contributed by atoms with Crippen LogP contribution in [-0.2, 0) is 21.9 Å². The first-order chi connectivity index (χ1) is 5.22. The molecule has 1 aromatic carbocycles. The Hall–Kier alpha value is -0.831. The summed E-state index contributed by atoms with van der Waals surface area (Å²) in [5.74, 6) is -1.23. The number of carboxylic acids is 1. The van der Waals surface area contributed by atoms with Crippen molar-refractivity contribution in [3.63, 3.8) is 0 Å². The number of hydrogen-bond acceptors (Lipinski definition) is 2. The van der Waals surface area contributed by atoms with Crippen molar-refractivity contribution in [3.05, 3.63) is 35.9 Å². The minimum atomic E-state index is -1.41. The summed E-state index contributed by atoms with van der Waals surface area (Å²) in [6.45, 7) is 0. The zero-order valence-electron chi connectivity index (χ0n) is 6.12. The van der Waals surface area contributed by atoms with E-state index < -0.39 is 12.1 Å². The van der Waals surface area contributed by atoms with Gasteiger partial charge in [0.25, 0.3) is 0 Å². The Morgan fingerprint density at radius 3 is 2.17 bits per heavy atom. The molecule has 1 rings (SSSR count). The van der Waals surface area contributed by atoms with E-state index in [1.807, 2.05) is 0 Å². The van der Waals surface area contributed by atoms with Gasteiger partial charge in [0.2, 0.25) is 0 Å². The fraction of sp³-hybridized carbons (Fsp3) is 0.125. The van der Waals surface area contributed by atoms with Gasteiger partial charge >= 0.3 is 5.97 Å². The molecule has 0 saturated carbocycles. The topological polar surface area (TPSA) is 57.5 Å². The Kier molecular flexibility index (Phi) is 4.59. The van der Waals surface area contributed by atoms with Crippen molar-refractivity contribution in [1.82, 2.24) is 0 Å². The van der Waals surface area contributed by atoms with Crippen LogP contribution in [-0.4, -0.2) is 16.2 Å². The van der Waals surface area contributed by atoms with Gasteiger partial charge in [-0.1, -0.05) is 30.3 Å². The molecule has 66 valence electrons. The molecule has 0 aliphatic rings. The molecule has 0 heterocycles. The molecule has 0 aromatic heterocycles. The third-order valence-corrected chi connectivity index (χ3v) is 1.35. The number of aliphatic hydroxyl groups is 1. The summed E-state index contributed by atoms with van der Waals surface area (Å²) >= 11 is 0. The summed E-state index contributed by atoms with van der Waals surface area (Å²) in [4.78, 5) is 10.2. The Labute approximate surface area is 80.5 Å². The van der Waals surface area contributed by atoms with E-state index in [2.05, 4.69) is 0 Å². The van der Waals surface area contributed by atoms with E-state index in [9.17, 15) is 4.79 Å². The third kappa shape index (κ3) is 2.66. The van der Waals surface area contributed by atoms with Crippen LogP contribution in [0.5, 0.6) is 0 Å². The number of rotatable bonds is 2. The average molecular weight is 208 g/mol. The van der Waals surface area contributed by atoms with Crippen molar-refractivity contribution in [2.75, 3.05) is 0 Å². The zero-order chi connectivity index (χ0) is 8.27. The first-order valence-electron chi connectivity index (χ1n) is 3.17. The second-order valence-corrected chi connectivity index (χ2v) is 2.15. The fourth-order valence-corrected chi connectivity index (χ4v) is 0.778. The van der Waals surface area contributed by atoms with Crippen molar-refractivity contribution in [2.45, 2.75) is 6.10 Å². The van der Waals surface area contributed by atoms with Crippen molar-refractivity contribution in [1.29, 1.82) is 0 Å². The van der Waals surface area contributed by atoms with E-state index in [0.29, 0.717) is 5.56 Å². The van der Waals surface area contributed by atoms with Crippen molar-refractivity contribution < 1.29 is 32.1 Å². The molecule has 0 amide bonds. The largest absolute Gasteiger partial charge is 0.479 e. The molecule has 0 radical (unpaired) electrons. The molecule has 2 N–H and O–H groups in total. The van der Waals surface area contributed by atoms with Gasteiger partial charge in [0, 0.05) is 17.1 Å². The molecule has 3 nitrogen and oxygen atoms in total. The summed E-state index contributed by atoms with van der Waals surface area (Å²) in [5, 5.41) is 17.4. The van der Waals surface area contributed by atoms with Crippen LogP contribution >= 0.6 is 0 Å². The minimum absolute atomic E-state index is 0. The van der Waals surface area contributed by atoms with Crippen LogP contribution in [0.1, 0.15) is 11.7 Å². The second-order valence-electron chi connectivity index (χ2n) is 2.15. The Morgan fingerprint density at radius 1 is 1.25 bits per heavy atom. The summed E-state index contributed by atoms with van der Waals surface area (Å²) in [7, 11) is 0. The molecule has 0 aliphatic carbocycles. The van der Waals surface area contributed by atoms with Gasteiger partial charge in [-0.3, -0.25) is 0 Å². The third-order valence-electron chi connectivity index (χ3n) is 1.35. The first kappa shape index (κ1) is 11.2. The van der Waals surface area contributed by atoms with Gasteiger partial charge in [-0.15, -0.1) is 0 Å². The van der Waals surface area contributed by atoms with E-state index in [0.717, 1.165) is 0 Å². The monoisotopic (exact) mass is 208 g/mol. The number of carbonyl (C=O) groups is 1. The minimum Gasteiger partial charge on any atom is -0.479 e. The molecule has 4 heteroatoms. The molecule has 1 aromatic rings. The Morgan fingerprint density at radius 2 is 1.75 bits per heavy atom. The van der Waals surface area contributed by atoms with Crippen LogP contribution in [0.4, 0.5) is 0 Å². The summed E-state index contributed by atoms with van der Waals surface area (Å²) in [6.07, 6.45) is -1.41. The van der Waals surface area contributed by atoms with Crippen LogP contribution < -0.4 is 0 Å². The van der Waals surface area contributed by atoms with E-state index in [1.54, 1.807) is 30.3 Å². The second kappa shape index (κ2) is 4.93. The van der Waals surface area contributed by atoms with Gasteiger partial charge in [0.05, 0.1) is 0 Å². The van der Waals surface area contributed by atoms with Gasteiger partial charge < -0.3 is 10.2 Å². The molecule has 0 fully saturated rings. The van der Waals surface area contributed by atoms with Crippen LogP contribution in [0.3, 0.4) is 0 Å². The van der Waals surface area contributed by atoms with Gasteiger partial charge in [-0.2, -0.15) is 0 Å². The van der Waals surface area contributed by atoms with Crippen LogP contribution in [0, 0.1) is 0 Å². The fourth-order valence-electron chi connectivity index (χ4n) is 0.778. The molecule has 1 atom stereocenters. The molecule has 1 unspecified atom stereocenters. The maximum Gasteiger partial charge on any atom is 0.337 e. The number of benzene rings is 1. The predicted molar refractivity (Wildman–Crippen MR) is 39.0 cm³/mol. The van der Waals surface area contributed by atoms with Crippen LogP contribution in [0.25, 0.3) is 0 Å². The Bertz CT molecular complexity index is 248. The predicted octanol–water partition coefficient (Wildman–Crippen LogP) is 0.802. The maximum atomic E-state index is 10.2. The zero-order valence-corrected chi connectivity index (χ0v) is 7.22. The molecule has 12 heavy (non-hydrogen) atoms. The van der Waals surface area contributed by atoms with Gasteiger partial charge in [0.1, 0.15) is 0 Å². The molecule has 0 aliphatic heterocycles. The molecule has 0 spiro atoms. The maximum absolute atomic E-state index is 10.2. The normalized spacial score (nSPS) is 11.4. The van der Waals surface area contributed by atoms with Gasteiger partial charge in [0.15, 0.2) is 6.10 Å². The number of aliphatic hydroxyl groups excluding tert-OH is 1. The standard InChI is InChI=1S/C8H8O3.Fe/c9-7(8(10)11)6-4-2-1-3-5-6;/h1-5,7,9H,(H,10,11);. The summed E-state index contributed by atoms with van der Waals surface area (Å²) in [5.41, 5.74) is 0.403. The Balaban J connectivity index is 0.00000121. The van der Waals surface area contributed by atoms with Gasteiger partial charge in [-0.25, -0.2) is 4.79 Å². The molecule has 0 bridgehead atoms. The van der Waals surface area contributed by atoms with E-state index in [1.165, 1.54) is 0 Å². The summed E-state index contributed by atoms with van der Waals surface area (Å²) < 4.78 is 0. The van der Waals surface area contributed by atoms with Crippen molar-refractivity contribution in [2.24, 2.45) is 0 Å². The summed E-state index contributed by atoms with van der Waals surface area (Å²) in [6, 6.07) is 8.26. The first-order valence-corrected chi connectivity index (χ1v) is 3.17. The molecular weight excluding hydrogens is 200 g/mol. The van der Waals surface area contributed by atoms with Crippen molar-refractivity contribution >= 4 is 5.97 Å². The van der Waals surface area contributed by atoms with E-state index >= 15 is 0 Å². The van der Waals surface area contributed by atoms with Crippen LogP contribution in [0.2, 0.25) is 0 Å². The van der Waals surface area contributed by atoms with Gasteiger partial charge in [-0.05, 0) is 5.56 Å². The number of aliphatic carboxylic acids is 1. The smallest absolute Gasteiger partial charge is 0.337 e. The SMILES string of the molecule is O=C(O)C(O)c1ccccc1.[Fe]. The van der Waals surface area contributed by atoms with Crippen molar-refractivity contribution in [3.8, 4) is 0 Å². The van der Waals surface area contributed by atoms with E-state index in [4.69, 9.17) is 10.2 Å². The number of hydrogen-bond donors (Lipinski definition) is 2. The molecule has 0 saturated heterocycles. The number of carboxylic acid groups (broad SMARTS) is 1. The average Bonchev–Trinajstić information content (AvgIpc) is 2.05. The molecular formula is C8H8FeO3. The van der Waals surface area contributed by atoms with Crippen LogP contribution in [0.15, 0.2) is 30.3 Å². The van der Waals surface area contributed by atoms with E-state index in [-0.39, 0.29) is 17.1 Å². The quantitative estimate of drug-likeness (QED) is 0.706.